The smallest absolute Gasteiger partial charge is 0.367 e. The second kappa shape index (κ2) is 10.4. The quantitative estimate of drug-likeness (QED) is 0.514. The van der Waals surface area contributed by atoms with Gasteiger partial charge in [-0.15, -0.1) is 0 Å². The van der Waals surface area contributed by atoms with Gasteiger partial charge in [0.05, 0.1) is 13.2 Å². The Morgan fingerprint density at radius 3 is 2.44 bits per heavy atom. The molecule has 4 rings (SSSR count). The summed E-state index contributed by atoms with van der Waals surface area (Å²) in [4.78, 5) is 21.2. The molecule has 2 heterocycles. The molecule has 0 spiro atoms. The Hall–Kier alpha value is -3.24. The molecule has 1 fully saturated rings. The standard InChI is InChI=1S/C24H25F3N4O3/c1-17-4-2-3-5-20(17)22-28-21(34-29-22)14-30-10-12-31(13-11-30)23(32)19-8-6-18(7-9-19)15-33-16-24(25,26)27/h2-9H,10-16H2,1H3. The van der Waals surface area contributed by atoms with Crippen molar-refractivity contribution in [1.82, 2.24) is 19.9 Å². The lowest BCUT2D eigenvalue weighted by atomic mass is 10.1. The number of carbonyl (C=O) groups is 1. The minimum atomic E-state index is -4.36. The van der Waals surface area contributed by atoms with Crippen molar-refractivity contribution in [3.63, 3.8) is 0 Å². The molecule has 0 saturated carbocycles. The highest BCUT2D eigenvalue weighted by Gasteiger charge is 2.27. The molecule has 34 heavy (non-hydrogen) atoms. The van der Waals surface area contributed by atoms with Gasteiger partial charge >= 0.3 is 6.18 Å². The number of hydrogen-bond donors (Lipinski definition) is 0. The third kappa shape index (κ3) is 6.21. The van der Waals surface area contributed by atoms with Gasteiger partial charge in [0.2, 0.25) is 11.7 Å². The molecule has 1 aromatic heterocycles. The summed E-state index contributed by atoms with van der Waals surface area (Å²) in [6, 6.07) is 14.3. The maximum absolute atomic E-state index is 12.8. The van der Waals surface area contributed by atoms with Crippen molar-refractivity contribution in [3.05, 3.63) is 71.1 Å². The fraction of sp³-hybridized carbons (Fsp3) is 0.375. The van der Waals surface area contributed by atoms with Gasteiger partial charge in [-0.3, -0.25) is 9.69 Å². The van der Waals surface area contributed by atoms with Crippen molar-refractivity contribution in [2.75, 3.05) is 32.8 Å². The Kier molecular flexibility index (Phi) is 7.28. The Bertz CT molecular complexity index is 1110. The number of ether oxygens (including phenoxy) is 1. The third-order valence-electron chi connectivity index (χ3n) is 5.61. The Balaban J connectivity index is 1.26. The highest BCUT2D eigenvalue weighted by molar-refractivity contribution is 5.94. The predicted molar refractivity (Wildman–Crippen MR) is 118 cm³/mol. The molecule has 10 heteroatoms. The molecule has 0 unspecified atom stereocenters. The number of benzene rings is 2. The molecule has 180 valence electrons. The second-order valence-corrected chi connectivity index (χ2v) is 8.20. The van der Waals surface area contributed by atoms with Gasteiger partial charge in [-0.05, 0) is 30.2 Å². The van der Waals surface area contributed by atoms with Crippen LogP contribution < -0.4 is 0 Å². The molecule has 1 saturated heterocycles. The van der Waals surface area contributed by atoms with Crippen LogP contribution in [-0.4, -0.2) is 64.8 Å². The van der Waals surface area contributed by atoms with Gasteiger partial charge in [-0.2, -0.15) is 18.2 Å². The van der Waals surface area contributed by atoms with Crippen LogP contribution in [0.15, 0.2) is 53.1 Å². The molecule has 1 amide bonds. The van der Waals surface area contributed by atoms with E-state index in [-0.39, 0.29) is 12.5 Å². The van der Waals surface area contributed by atoms with E-state index >= 15 is 0 Å². The number of aromatic nitrogens is 2. The van der Waals surface area contributed by atoms with Crippen LogP contribution in [-0.2, 0) is 17.9 Å². The van der Waals surface area contributed by atoms with E-state index < -0.39 is 12.8 Å². The molecule has 0 bridgehead atoms. The average Bonchev–Trinajstić information content (AvgIpc) is 3.27. The molecule has 1 aliphatic heterocycles. The van der Waals surface area contributed by atoms with Crippen molar-refractivity contribution < 1.29 is 27.2 Å². The highest BCUT2D eigenvalue weighted by atomic mass is 19.4. The van der Waals surface area contributed by atoms with Gasteiger partial charge in [-0.25, -0.2) is 0 Å². The van der Waals surface area contributed by atoms with Crippen molar-refractivity contribution in [2.24, 2.45) is 0 Å². The second-order valence-electron chi connectivity index (χ2n) is 8.20. The monoisotopic (exact) mass is 474 g/mol. The van der Waals surface area contributed by atoms with Crippen LogP contribution in [0.25, 0.3) is 11.4 Å². The van der Waals surface area contributed by atoms with Gasteiger partial charge in [0.1, 0.15) is 6.61 Å². The molecule has 2 aromatic carbocycles. The summed E-state index contributed by atoms with van der Waals surface area (Å²) in [6.45, 7) is 3.48. The van der Waals surface area contributed by atoms with Crippen LogP contribution in [0.5, 0.6) is 0 Å². The van der Waals surface area contributed by atoms with E-state index in [2.05, 4.69) is 19.8 Å². The van der Waals surface area contributed by atoms with E-state index in [0.29, 0.717) is 55.6 Å². The molecular formula is C24H25F3N4O3. The van der Waals surface area contributed by atoms with E-state index in [4.69, 9.17) is 4.52 Å². The summed E-state index contributed by atoms with van der Waals surface area (Å²) in [7, 11) is 0. The number of aryl methyl sites for hydroxylation is 1. The Labute approximate surface area is 195 Å². The summed E-state index contributed by atoms with van der Waals surface area (Å²) in [5.74, 6) is 0.984. The minimum Gasteiger partial charge on any atom is -0.367 e. The van der Waals surface area contributed by atoms with E-state index in [0.717, 1.165) is 11.1 Å². The van der Waals surface area contributed by atoms with Crippen LogP contribution in [0.3, 0.4) is 0 Å². The van der Waals surface area contributed by atoms with Crippen molar-refractivity contribution in [1.29, 1.82) is 0 Å². The lowest BCUT2D eigenvalue weighted by molar-refractivity contribution is -0.176. The van der Waals surface area contributed by atoms with Crippen molar-refractivity contribution in [2.45, 2.75) is 26.3 Å². The zero-order valence-corrected chi connectivity index (χ0v) is 18.7. The van der Waals surface area contributed by atoms with Gasteiger partial charge in [0.15, 0.2) is 0 Å². The minimum absolute atomic E-state index is 0.109. The van der Waals surface area contributed by atoms with Gasteiger partial charge in [0.25, 0.3) is 5.91 Å². The SMILES string of the molecule is Cc1ccccc1-c1noc(CN2CCN(C(=O)c3ccc(COCC(F)(F)F)cc3)CC2)n1. The number of rotatable bonds is 7. The Morgan fingerprint density at radius 1 is 1.06 bits per heavy atom. The largest absolute Gasteiger partial charge is 0.411 e. The van der Waals surface area contributed by atoms with E-state index in [1.54, 1.807) is 29.2 Å². The molecule has 1 aliphatic rings. The van der Waals surface area contributed by atoms with Crippen LogP contribution in [0.1, 0.15) is 27.4 Å². The first-order valence-electron chi connectivity index (χ1n) is 10.9. The van der Waals surface area contributed by atoms with Crippen LogP contribution in [0, 0.1) is 6.92 Å². The lowest BCUT2D eigenvalue weighted by Crippen LogP contribution is -2.48. The normalized spacial score (nSPS) is 15.0. The van der Waals surface area contributed by atoms with Crippen LogP contribution in [0.2, 0.25) is 0 Å². The number of nitrogens with zero attached hydrogens (tertiary/aromatic N) is 4. The maximum atomic E-state index is 12.8. The van der Waals surface area contributed by atoms with Crippen LogP contribution >= 0.6 is 0 Å². The first-order chi connectivity index (χ1) is 16.3. The molecular weight excluding hydrogens is 449 g/mol. The predicted octanol–water partition coefficient (Wildman–Crippen LogP) is 4.08. The first kappa shape index (κ1) is 23.9. The maximum Gasteiger partial charge on any atom is 0.411 e. The lowest BCUT2D eigenvalue weighted by Gasteiger charge is -2.34. The number of piperazine rings is 1. The van der Waals surface area contributed by atoms with Crippen molar-refractivity contribution >= 4 is 5.91 Å². The topological polar surface area (TPSA) is 71.7 Å². The first-order valence-corrected chi connectivity index (χ1v) is 10.9. The summed E-state index contributed by atoms with van der Waals surface area (Å²) in [5.41, 5.74) is 3.08. The Morgan fingerprint density at radius 2 is 1.76 bits per heavy atom. The van der Waals surface area contributed by atoms with E-state index in [1.807, 2.05) is 31.2 Å². The van der Waals surface area contributed by atoms with E-state index in [9.17, 15) is 18.0 Å². The number of hydrogen-bond acceptors (Lipinski definition) is 6. The summed E-state index contributed by atoms with van der Waals surface area (Å²) >= 11 is 0. The number of carbonyl (C=O) groups excluding carboxylic acids is 1. The third-order valence-corrected chi connectivity index (χ3v) is 5.61. The zero-order chi connectivity index (χ0) is 24.1. The molecule has 0 N–H and O–H groups in total. The van der Waals surface area contributed by atoms with Gasteiger partial charge < -0.3 is 14.2 Å². The fourth-order valence-corrected chi connectivity index (χ4v) is 3.76. The summed E-state index contributed by atoms with van der Waals surface area (Å²) in [6.07, 6.45) is -4.36. The highest BCUT2D eigenvalue weighted by Crippen LogP contribution is 2.21. The van der Waals surface area contributed by atoms with Crippen molar-refractivity contribution in [3.8, 4) is 11.4 Å². The molecule has 3 aromatic rings. The summed E-state index contributed by atoms with van der Waals surface area (Å²) < 4.78 is 46.6. The van der Waals surface area contributed by atoms with Gasteiger partial charge in [-0.1, -0.05) is 41.6 Å². The molecule has 0 radical (unpaired) electrons. The number of amides is 1. The van der Waals surface area contributed by atoms with Crippen LogP contribution in [0.4, 0.5) is 13.2 Å². The number of halogens is 3. The fourth-order valence-electron chi connectivity index (χ4n) is 3.76. The summed E-state index contributed by atoms with van der Waals surface area (Å²) in [5, 5.41) is 4.09. The molecule has 0 atom stereocenters. The number of alkyl halides is 3. The molecule has 0 aliphatic carbocycles. The zero-order valence-electron chi connectivity index (χ0n) is 18.7. The average molecular weight is 474 g/mol. The molecule has 7 nitrogen and oxygen atoms in total. The van der Waals surface area contributed by atoms with E-state index in [1.165, 1.54) is 0 Å². The van der Waals surface area contributed by atoms with Gasteiger partial charge in [0, 0.05) is 37.3 Å².